The normalized spacial score (nSPS) is 10.1. The van der Waals surface area contributed by atoms with E-state index in [1.54, 1.807) is 31.2 Å². The highest BCUT2D eigenvalue weighted by atomic mass is 16.6. The van der Waals surface area contributed by atoms with Gasteiger partial charge in [0.05, 0.1) is 11.3 Å². The van der Waals surface area contributed by atoms with Crippen LogP contribution >= 0.6 is 0 Å². The smallest absolute Gasteiger partial charge is 0.269 e. The number of aromatic hydroxyl groups is 1. The van der Waals surface area contributed by atoms with E-state index in [0.29, 0.717) is 11.3 Å². The molecule has 0 heterocycles. The van der Waals surface area contributed by atoms with Gasteiger partial charge < -0.3 is 10.4 Å². The number of hydrogen-bond donors (Lipinski definition) is 2. The zero-order chi connectivity index (χ0) is 15.4. The largest absolute Gasteiger partial charge is 0.508 e. The summed E-state index contributed by atoms with van der Waals surface area (Å²) in [6, 6.07) is 10.5. The first-order valence-electron chi connectivity index (χ1n) is 6.28. The molecule has 6 heteroatoms. The number of hydrogen-bond acceptors (Lipinski definition) is 4. The van der Waals surface area contributed by atoms with Crippen molar-refractivity contribution >= 4 is 17.3 Å². The predicted octanol–water partition coefficient (Wildman–Crippen LogP) is 2.79. The highest BCUT2D eigenvalue weighted by Crippen LogP contribution is 2.20. The van der Waals surface area contributed by atoms with E-state index in [9.17, 15) is 20.0 Å². The molecule has 0 saturated carbocycles. The number of nitro benzene ring substituents is 1. The van der Waals surface area contributed by atoms with E-state index >= 15 is 0 Å². The molecule has 2 rings (SSSR count). The third-order valence-electron chi connectivity index (χ3n) is 3.00. The maximum atomic E-state index is 11.9. The molecule has 0 radical (unpaired) electrons. The lowest BCUT2D eigenvalue weighted by atomic mass is 10.1. The van der Waals surface area contributed by atoms with Crippen LogP contribution in [0, 0.1) is 17.0 Å². The van der Waals surface area contributed by atoms with Gasteiger partial charge in [-0.3, -0.25) is 14.9 Å². The van der Waals surface area contributed by atoms with Crippen molar-refractivity contribution in [2.45, 2.75) is 13.3 Å². The minimum atomic E-state index is -0.482. The Morgan fingerprint density at radius 2 is 1.90 bits per heavy atom. The zero-order valence-corrected chi connectivity index (χ0v) is 11.4. The highest BCUT2D eigenvalue weighted by molar-refractivity contribution is 5.93. The first-order valence-corrected chi connectivity index (χ1v) is 6.28. The third kappa shape index (κ3) is 3.79. The van der Waals surface area contributed by atoms with E-state index in [1.165, 1.54) is 18.2 Å². The monoisotopic (exact) mass is 286 g/mol. The average Bonchev–Trinajstić information content (AvgIpc) is 2.42. The van der Waals surface area contributed by atoms with E-state index in [4.69, 9.17) is 0 Å². The van der Waals surface area contributed by atoms with E-state index in [1.807, 2.05) is 0 Å². The van der Waals surface area contributed by atoms with Crippen LogP contribution < -0.4 is 5.32 Å². The lowest BCUT2D eigenvalue weighted by molar-refractivity contribution is -0.384. The number of nitro groups is 1. The Balaban J connectivity index is 2.02. The molecule has 0 bridgehead atoms. The summed E-state index contributed by atoms with van der Waals surface area (Å²) in [7, 11) is 0. The fourth-order valence-electron chi connectivity index (χ4n) is 1.90. The van der Waals surface area contributed by atoms with Gasteiger partial charge >= 0.3 is 0 Å². The molecule has 0 aliphatic carbocycles. The number of phenols is 1. The van der Waals surface area contributed by atoms with E-state index in [2.05, 4.69) is 5.32 Å². The quantitative estimate of drug-likeness (QED) is 0.513. The molecule has 0 spiro atoms. The van der Waals surface area contributed by atoms with E-state index in [-0.39, 0.29) is 23.8 Å². The minimum absolute atomic E-state index is 0.00598. The summed E-state index contributed by atoms with van der Waals surface area (Å²) in [6.45, 7) is 1.78. The maximum Gasteiger partial charge on any atom is 0.269 e. The number of benzene rings is 2. The molecule has 108 valence electrons. The van der Waals surface area contributed by atoms with Crippen molar-refractivity contribution < 1.29 is 14.8 Å². The van der Waals surface area contributed by atoms with Gasteiger partial charge in [-0.05, 0) is 36.2 Å². The molecule has 1 amide bonds. The Hall–Kier alpha value is -2.89. The Bertz CT molecular complexity index is 681. The van der Waals surface area contributed by atoms with Crippen LogP contribution in [-0.4, -0.2) is 15.9 Å². The first kappa shape index (κ1) is 14.5. The Labute approximate surface area is 121 Å². The molecule has 0 saturated heterocycles. The molecule has 6 nitrogen and oxygen atoms in total. The first-order chi connectivity index (χ1) is 9.95. The molecule has 2 N–H and O–H groups in total. The van der Waals surface area contributed by atoms with Crippen LogP contribution in [0.5, 0.6) is 5.75 Å². The van der Waals surface area contributed by atoms with Gasteiger partial charge in [-0.2, -0.15) is 0 Å². The fourth-order valence-corrected chi connectivity index (χ4v) is 1.90. The SMILES string of the molecule is Cc1cc(O)ccc1NC(=O)Cc1ccc([N+](=O)[O-])cc1. The summed E-state index contributed by atoms with van der Waals surface area (Å²) in [5.41, 5.74) is 2.06. The second-order valence-electron chi connectivity index (χ2n) is 4.65. The number of anilines is 1. The van der Waals surface area contributed by atoms with Crippen LogP contribution in [0.1, 0.15) is 11.1 Å². The summed E-state index contributed by atoms with van der Waals surface area (Å²) >= 11 is 0. The van der Waals surface area contributed by atoms with Gasteiger partial charge in [-0.25, -0.2) is 0 Å². The van der Waals surface area contributed by atoms with Gasteiger partial charge in [0.2, 0.25) is 5.91 Å². The maximum absolute atomic E-state index is 11.9. The van der Waals surface area contributed by atoms with E-state index in [0.717, 1.165) is 5.56 Å². The van der Waals surface area contributed by atoms with Crippen LogP contribution in [0.15, 0.2) is 42.5 Å². The van der Waals surface area contributed by atoms with Crippen molar-refractivity contribution in [3.8, 4) is 5.75 Å². The van der Waals surface area contributed by atoms with Crippen molar-refractivity contribution in [1.29, 1.82) is 0 Å². The number of nitrogens with zero attached hydrogens (tertiary/aromatic N) is 1. The Morgan fingerprint density at radius 1 is 1.24 bits per heavy atom. The zero-order valence-electron chi connectivity index (χ0n) is 11.4. The second kappa shape index (κ2) is 6.04. The van der Waals surface area contributed by atoms with Crippen molar-refractivity contribution in [2.24, 2.45) is 0 Å². The van der Waals surface area contributed by atoms with Crippen molar-refractivity contribution in [3.63, 3.8) is 0 Å². The van der Waals surface area contributed by atoms with Crippen molar-refractivity contribution in [1.82, 2.24) is 0 Å². The van der Waals surface area contributed by atoms with Gasteiger partial charge in [0, 0.05) is 17.8 Å². The number of carbonyl (C=O) groups excluding carboxylic acids is 1. The number of carbonyl (C=O) groups is 1. The summed E-state index contributed by atoms with van der Waals surface area (Å²) < 4.78 is 0. The lowest BCUT2D eigenvalue weighted by Crippen LogP contribution is -2.15. The predicted molar refractivity (Wildman–Crippen MR) is 78.3 cm³/mol. The Kier molecular flexibility index (Phi) is 4.18. The van der Waals surface area contributed by atoms with Crippen LogP contribution in [0.2, 0.25) is 0 Å². The van der Waals surface area contributed by atoms with Crippen molar-refractivity contribution in [2.75, 3.05) is 5.32 Å². The summed E-state index contributed by atoms with van der Waals surface area (Å²) in [4.78, 5) is 22.0. The molecular formula is C15H14N2O4. The molecule has 0 aliphatic heterocycles. The topological polar surface area (TPSA) is 92.5 Å². The average molecular weight is 286 g/mol. The van der Waals surface area contributed by atoms with Gasteiger partial charge in [0.25, 0.3) is 5.69 Å². The minimum Gasteiger partial charge on any atom is -0.508 e. The fraction of sp³-hybridized carbons (Fsp3) is 0.133. The van der Waals surface area contributed by atoms with E-state index < -0.39 is 4.92 Å². The van der Waals surface area contributed by atoms with Gasteiger partial charge in [-0.1, -0.05) is 12.1 Å². The highest BCUT2D eigenvalue weighted by Gasteiger charge is 2.09. The number of nitrogens with one attached hydrogen (secondary N) is 1. The van der Waals surface area contributed by atoms with Crippen LogP contribution in [0.3, 0.4) is 0 Å². The molecule has 0 aromatic heterocycles. The molecule has 2 aromatic carbocycles. The summed E-state index contributed by atoms with van der Waals surface area (Å²) in [5.74, 6) is -0.0847. The summed E-state index contributed by atoms with van der Waals surface area (Å²) in [6.07, 6.45) is 0.123. The van der Waals surface area contributed by atoms with Gasteiger partial charge in [0.1, 0.15) is 5.75 Å². The number of phenolic OH excluding ortho intramolecular Hbond substituents is 1. The van der Waals surface area contributed by atoms with Gasteiger partial charge in [-0.15, -0.1) is 0 Å². The van der Waals surface area contributed by atoms with Crippen LogP contribution in [0.4, 0.5) is 11.4 Å². The third-order valence-corrected chi connectivity index (χ3v) is 3.00. The Morgan fingerprint density at radius 3 is 2.48 bits per heavy atom. The molecule has 0 aliphatic rings. The molecule has 0 atom stereocenters. The molecule has 0 fully saturated rings. The standard InChI is InChI=1S/C15H14N2O4/c1-10-8-13(18)6-7-14(10)16-15(19)9-11-2-4-12(5-3-11)17(20)21/h2-8,18H,9H2,1H3,(H,16,19). The molecule has 0 unspecified atom stereocenters. The molecule has 2 aromatic rings. The number of non-ortho nitro benzene ring substituents is 1. The molecule has 21 heavy (non-hydrogen) atoms. The van der Waals surface area contributed by atoms with Gasteiger partial charge in [0.15, 0.2) is 0 Å². The molecular weight excluding hydrogens is 272 g/mol. The lowest BCUT2D eigenvalue weighted by Gasteiger charge is -2.08. The second-order valence-corrected chi connectivity index (χ2v) is 4.65. The van der Waals surface area contributed by atoms with Crippen LogP contribution in [-0.2, 0) is 11.2 Å². The number of rotatable bonds is 4. The summed E-state index contributed by atoms with van der Waals surface area (Å²) in [5, 5.41) is 22.6. The van der Waals surface area contributed by atoms with Crippen molar-refractivity contribution in [3.05, 3.63) is 63.7 Å². The van der Waals surface area contributed by atoms with Crippen LogP contribution in [0.25, 0.3) is 0 Å². The number of amides is 1. The number of aryl methyl sites for hydroxylation is 1.